The van der Waals surface area contributed by atoms with Gasteiger partial charge in [-0.1, -0.05) is 11.0 Å². The third-order valence-electron chi connectivity index (χ3n) is 1.58. The summed E-state index contributed by atoms with van der Waals surface area (Å²) < 4.78 is 4.90. The van der Waals surface area contributed by atoms with E-state index in [-0.39, 0.29) is 11.7 Å². The molecule has 1 rings (SSSR count). The number of anilines is 1. The van der Waals surface area contributed by atoms with Crippen LogP contribution in [0.2, 0.25) is 0 Å². The van der Waals surface area contributed by atoms with E-state index in [4.69, 9.17) is 16.0 Å². The highest BCUT2D eigenvalue weighted by Crippen LogP contribution is 2.13. The molecule has 0 aliphatic carbocycles. The Morgan fingerprint density at radius 2 is 2.50 bits per heavy atom. The van der Waals surface area contributed by atoms with Gasteiger partial charge in [-0.05, 0) is 11.5 Å². The quantitative estimate of drug-likeness (QED) is 0.269. The van der Waals surface area contributed by atoms with Gasteiger partial charge in [0.1, 0.15) is 5.69 Å². The summed E-state index contributed by atoms with van der Waals surface area (Å²) in [5.74, 6) is 6.03. The topological polar surface area (TPSA) is 110 Å². The number of nitrogens with zero attached hydrogens (tertiary/aromatic N) is 5. The second kappa shape index (κ2) is 6.11. The molecule has 82 valence electrons. The lowest BCUT2D eigenvalue weighted by Crippen LogP contribution is -1.99. The lowest BCUT2D eigenvalue weighted by Gasteiger charge is -2.00. The molecule has 1 heterocycles. The normalized spacial score (nSPS) is 8.56. The molecule has 0 unspecified atom stereocenters. The lowest BCUT2D eigenvalue weighted by atomic mass is 10.4. The molecule has 0 saturated heterocycles. The molecule has 0 radical (unpaired) electrons. The second-order valence-corrected chi connectivity index (χ2v) is 2.66. The predicted molar refractivity (Wildman–Crippen MR) is 58.5 cm³/mol. The van der Waals surface area contributed by atoms with E-state index in [1.807, 2.05) is 0 Å². The number of nitrogen functional groups attached to an aromatic ring is 1. The number of hydrogen-bond donors (Lipinski definition) is 1. The zero-order chi connectivity index (χ0) is 11.8. The molecule has 2 N–H and O–H groups in total. The van der Waals surface area contributed by atoms with Crippen LogP contribution in [0.3, 0.4) is 0 Å². The first-order valence-electron chi connectivity index (χ1n) is 4.44. The molecule has 1 aromatic heterocycles. The van der Waals surface area contributed by atoms with E-state index >= 15 is 0 Å². The Morgan fingerprint density at radius 1 is 1.69 bits per heavy atom. The fourth-order valence-electron chi connectivity index (χ4n) is 0.896. The number of ether oxygens (including phenoxy) is 1. The van der Waals surface area contributed by atoms with Crippen LogP contribution in [0.15, 0.2) is 11.3 Å². The number of nitrogens with two attached hydrogens (primary N) is 1. The molecular weight excluding hydrogens is 208 g/mol. The van der Waals surface area contributed by atoms with Crippen molar-refractivity contribution >= 4 is 5.82 Å². The third kappa shape index (κ3) is 3.36. The minimum absolute atomic E-state index is 0.224. The highest BCUT2D eigenvalue weighted by atomic mass is 16.5. The van der Waals surface area contributed by atoms with Crippen LogP contribution in [0.25, 0.3) is 10.4 Å². The van der Waals surface area contributed by atoms with Crippen molar-refractivity contribution in [2.24, 2.45) is 5.11 Å². The smallest absolute Gasteiger partial charge is 0.258 e. The summed E-state index contributed by atoms with van der Waals surface area (Å²) in [6.07, 6.45) is 1.93. The summed E-state index contributed by atoms with van der Waals surface area (Å²) in [5, 5.41) is 3.35. The van der Waals surface area contributed by atoms with Gasteiger partial charge in [0.2, 0.25) is 0 Å². The van der Waals surface area contributed by atoms with Gasteiger partial charge in [0, 0.05) is 17.9 Å². The van der Waals surface area contributed by atoms with Crippen molar-refractivity contribution in [1.82, 2.24) is 9.97 Å². The molecule has 0 spiro atoms. The van der Waals surface area contributed by atoms with Crippen LogP contribution in [-0.4, -0.2) is 23.6 Å². The monoisotopic (exact) mass is 218 g/mol. The van der Waals surface area contributed by atoms with E-state index in [1.165, 1.54) is 13.3 Å². The van der Waals surface area contributed by atoms with Crippen molar-refractivity contribution in [3.8, 4) is 17.7 Å². The maximum Gasteiger partial charge on any atom is 0.258 e. The molecule has 16 heavy (non-hydrogen) atoms. The summed E-state index contributed by atoms with van der Waals surface area (Å²) in [4.78, 5) is 10.5. The van der Waals surface area contributed by atoms with Gasteiger partial charge in [0.05, 0.1) is 13.3 Å². The Kier molecular flexibility index (Phi) is 4.44. The molecule has 7 heteroatoms. The van der Waals surface area contributed by atoms with E-state index in [0.717, 1.165) is 0 Å². The van der Waals surface area contributed by atoms with E-state index in [1.54, 1.807) is 0 Å². The van der Waals surface area contributed by atoms with Gasteiger partial charge in [-0.25, -0.2) is 4.98 Å². The average molecular weight is 218 g/mol. The molecule has 0 aliphatic heterocycles. The highest BCUT2D eigenvalue weighted by molar-refractivity contribution is 5.42. The standard InChI is InChI=1S/C9H10N6O/c1-16-9-8(10)12-6-7(14-9)4-2-3-5-13-15-11/h6H,3,5H2,1H3,(H2,10,12). The number of hydrogen-bond acceptors (Lipinski definition) is 5. The van der Waals surface area contributed by atoms with Gasteiger partial charge < -0.3 is 10.5 Å². The van der Waals surface area contributed by atoms with Crippen molar-refractivity contribution in [1.29, 1.82) is 0 Å². The molecule has 0 aromatic carbocycles. The van der Waals surface area contributed by atoms with Crippen molar-refractivity contribution in [2.75, 3.05) is 19.4 Å². The van der Waals surface area contributed by atoms with Crippen LogP contribution in [0.4, 0.5) is 5.82 Å². The van der Waals surface area contributed by atoms with E-state index in [0.29, 0.717) is 18.7 Å². The zero-order valence-corrected chi connectivity index (χ0v) is 8.71. The van der Waals surface area contributed by atoms with Crippen LogP contribution in [0.5, 0.6) is 5.88 Å². The minimum atomic E-state index is 0.224. The first-order chi connectivity index (χ1) is 7.77. The second-order valence-electron chi connectivity index (χ2n) is 2.66. The summed E-state index contributed by atoms with van der Waals surface area (Å²) >= 11 is 0. The number of rotatable bonds is 3. The van der Waals surface area contributed by atoms with Gasteiger partial charge >= 0.3 is 0 Å². The molecule has 0 fully saturated rings. The van der Waals surface area contributed by atoms with Gasteiger partial charge in [0.15, 0.2) is 5.82 Å². The maximum absolute atomic E-state index is 8.04. The van der Waals surface area contributed by atoms with E-state index in [9.17, 15) is 0 Å². The van der Waals surface area contributed by atoms with Crippen LogP contribution < -0.4 is 10.5 Å². The molecule has 0 atom stereocenters. The minimum Gasteiger partial charge on any atom is -0.478 e. The fourth-order valence-corrected chi connectivity index (χ4v) is 0.896. The Hall–Kier alpha value is -2.45. The summed E-state index contributed by atoms with van der Waals surface area (Å²) in [6.45, 7) is 0.336. The SMILES string of the molecule is COc1nc(C#CCCN=[N+]=[N-])cnc1N. The van der Waals surface area contributed by atoms with Gasteiger partial charge in [-0.2, -0.15) is 4.98 Å². The Balaban J connectivity index is 2.70. The van der Waals surface area contributed by atoms with E-state index in [2.05, 4.69) is 31.8 Å². The number of azide groups is 1. The Morgan fingerprint density at radius 3 is 3.19 bits per heavy atom. The third-order valence-corrected chi connectivity index (χ3v) is 1.58. The van der Waals surface area contributed by atoms with E-state index < -0.39 is 0 Å². The fraction of sp³-hybridized carbons (Fsp3) is 0.333. The molecule has 0 bridgehead atoms. The summed E-state index contributed by atoms with van der Waals surface area (Å²) in [7, 11) is 1.46. The average Bonchev–Trinajstić information content (AvgIpc) is 2.31. The predicted octanol–water partition coefficient (Wildman–Crippen LogP) is 1.12. The van der Waals surface area contributed by atoms with Gasteiger partial charge in [0.25, 0.3) is 5.88 Å². The lowest BCUT2D eigenvalue weighted by molar-refractivity contribution is 0.398. The maximum atomic E-state index is 8.04. The molecule has 0 aliphatic rings. The van der Waals surface area contributed by atoms with Crippen LogP contribution >= 0.6 is 0 Å². The molecule has 0 amide bonds. The Labute approximate surface area is 92.3 Å². The summed E-state index contributed by atoms with van der Waals surface area (Å²) in [6, 6.07) is 0. The summed E-state index contributed by atoms with van der Waals surface area (Å²) in [5.41, 5.74) is 14.0. The first kappa shape index (κ1) is 11.6. The Bertz CT molecular complexity index is 469. The molecular formula is C9H10N6O. The number of methoxy groups -OCH3 is 1. The van der Waals surface area contributed by atoms with Crippen LogP contribution in [0.1, 0.15) is 12.1 Å². The zero-order valence-electron chi connectivity index (χ0n) is 8.71. The van der Waals surface area contributed by atoms with Gasteiger partial charge in [-0.3, -0.25) is 0 Å². The van der Waals surface area contributed by atoms with Crippen LogP contribution in [-0.2, 0) is 0 Å². The van der Waals surface area contributed by atoms with Crippen molar-refractivity contribution in [2.45, 2.75) is 6.42 Å². The van der Waals surface area contributed by atoms with Crippen molar-refractivity contribution in [3.05, 3.63) is 22.3 Å². The first-order valence-corrected chi connectivity index (χ1v) is 4.44. The van der Waals surface area contributed by atoms with Crippen molar-refractivity contribution < 1.29 is 4.74 Å². The van der Waals surface area contributed by atoms with Crippen LogP contribution in [0, 0.1) is 11.8 Å². The molecule has 1 aromatic rings. The van der Waals surface area contributed by atoms with Gasteiger partial charge in [-0.15, -0.1) is 0 Å². The highest BCUT2D eigenvalue weighted by Gasteiger charge is 2.01. The van der Waals surface area contributed by atoms with Crippen molar-refractivity contribution in [3.63, 3.8) is 0 Å². The molecule has 7 nitrogen and oxygen atoms in total. The molecule has 0 saturated carbocycles. The number of aromatic nitrogens is 2. The largest absolute Gasteiger partial charge is 0.478 e.